The third kappa shape index (κ3) is 16.1. The number of esters is 1. The molecule has 0 fully saturated rings. The van der Waals surface area contributed by atoms with Gasteiger partial charge >= 0.3 is 5.97 Å². The van der Waals surface area contributed by atoms with Gasteiger partial charge in [0.25, 0.3) is 0 Å². The lowest BCUT2D eigenvalue weighted by Gasteiger charge is -1.94. The van der Waals surface area contributed by atoms with Crippen LogP contribution in [-0.4, -0.2) is 24.3 Å². The molecule has 0 aromatic heterocycles. The van der Waals surface area contributed by atoms with Gasteiger partial charge in [-0.15, -0.1) is 0 Å². The summed E-state index contributed by atoms with van der Waals surface area (Å²) in [6.45, 7) is 7.43. The van der Waals surface area contributed by atoms with E-state index in [2.05, 4.69) is 25.2 Å². The van der Waals surface area contributed by atoms with Crippen LogP contribution < -0.4 is 0 Å². The number of aliphatic hydroxyl groups excluding tert-OH is 1. The summed E-state index contributed by atoms with van der Waals surface area (Å²) in [5.74, 6) is -0.501. The van der Waals surface area contributed by atoms with Crippen molar-refractivity contribution < 1.29 is 14.6 Å². The van der Waals surface area contributed by atoms with Gasteiger partial charge in [0.15, 0.2) is 0 Å². The van der Waals surface area contributed by atoms with E-state index in [4.69, 9.17) is 5.11 Å². The molecule has 0 saturated carbocycles. The molecule has 12 heavy (non-hydrogen) atoms. The standard InChI is InChI=1S/C5H8O3.C4H10/c1-2-5(7)8-4-3-6;1-3-4-2/h2,6H,1,3-4H2;3-4H2,1-2H3. The highest BCUT2D eigenvalue weighted by molar-refractivity contribution is 5.81. The Labute approximate surface area is 74.0 Å². The number of unbranched alkanes of at least 4 members (excludes halogenated alkanes) is 1. The Morgan fingerprint density at radius 1 is 1.50 bits per heavy atom. The number of aliphatic hydroxyl groups is 1. The molecule has 0 aromatic rings. The molecule has 0 aromatic carbocycles. The maximum atomic E-state index is 10.1. The fraction of sp³-hybridized carbons (Fsp3) is 0.667. The fourth-order valence-corrected chi connectivity index (χ4v) is 0.205. The molecule has 0 radical (unpaired) electrons. The molecule has 0 unspecified atom stereocenters. The zero-order valence-electron chi connectivity index (χ0n) is 7.88. The molecule has 0 aliphatic carbocycles. The Morgan fingerprint density at radius 3 is 2.25 bits per heavy atom. The number of hydrogen-bond acceptors (Lipinski definition) is 3. The van der Waals surface area contributed by atoms with Gasteiger partial charge in [0.2, 0.25) is 0 Å². The molecule has 3 nitrogen and oxygen atoms in total. The molecule has 0 spiro atoms. The molecule has 0 bridgehead atoms. The summed E-state index contributed by atoms with van der Waals surface area (Å²) < 4.78 is 4.33. The van der Waals surface area contributed by atoms with E-state index in [9.17, 15) is 4.79 Å². The molecule has 0 amide bonds. The topological polar surface area (TPSA) is 46.5 Å². The molecule has 0 aliphatic rings. The third-order valence-electron chi connectivity index (χ3n) is 1.00. The van der Waals surface area contributed by atoms with Crippen molar-refractivity contribution in [1.82, 2.24) is 0 Å². The van der Waals surface area contributed by atoms with E-state index < -0.39 is 5.97 Å². The highest BCUT2D eigenvalue weighted by atomic mass is 16.5. The van der Waals surface area contributed by atoms with Gasteiger partial charge in [0, 0.05) is 6.08 Å². The number of carbonyl (C=O) groups is 1. The first-order valence-corrected chi connectivity index (χ1v) is 4.12. The minimum atomic E-state index is -0.501. The first-order valence-electron chi connectivity index (χ1n) is 4.12. The molecule has 3 heteroatoms. The van der Waals surface area contributed by atoms with Crippen molar-refractivity contribution in [3.05, 3.63) is 12.7 Å². The van der Waals surface area contributed by atoms with Gasteiger partial charge in [-0.3, -0.25) is 0 Å². The summed E-state index contributed by atoms with van der Waals surface area (Å²) in [7, 11) is 0. The predicted octanol–water partition coefficient (Wildman–Crippen LogP) is 1.51. The van der Waals surface area contributed by atoms with Crippen LogP contribution in [0.25, 0.3) is 0 Å². The molecule has 0 aliphatic heterocycles. The van der Waals surface area contributed by atoms with E-state index >= 15 is 0 Å². The van der Waals surface area contributed by atoms with Crippen LogP contribution in [0.4, 0.5) is 0 Å². The van der Waals surface area contributed by atoms with Gasteiger partial charge in [-0.2, -0.15) is 0 Å². The van der Waals surface area contributed by atoms with Gasteiger partial charge in [-0.1, -0.05) is 33.3 Å². The van der Waals surface area contributed by atoms with Crippen LogP contribution in [0, 0.1) is 0 Å². The van der Waals surface area contributed by atoms with Crippen LogP contribution in [0.5, 0.6) is 0 Å². The zero-order chi connectivity index (χ0) is 9.82. The van der Waals surface area contributed by atoms with Crippen molar-refractivity contribution in [1.29, 1.82) is 0 Å². The molecular weight excluding hydrogens is 156 g/mol. The fourth-order valence-electron chi connectivity index (χ4n) is 0.205. The van der Waals surface area contributed by atoms with E-state index in [-0.39, 0.29) is 13.2 Å². The van der Waals surface area contributed by atoms with E-state index in [0.29, 0.717) is 0 Å². The van der Waals surface area contributed by atoms with Crippen LogP contribution in [0.2, 0.25) is 0 Å². The lowest BCUT2D eigenvalue weighted by Crippen LogP contribution is -2.04. The second-order valence-corrected chi connectivity index (χ2v) is 2.10. The maximum absolute atomic E-state index is 10.1. The molecule has 0 rings (SSSR count). The van der Waals surface area contributed by atoms with Gasteiger partial charge in [0.05, 0.1) is 6.61 Å². The maximum Gasteiger partial charge on any atom is 0.330 e. The molecule has 1 N–H and O–H groups in total. The average molecular weight is 174 g/mol. The minimum Gasteiger partial charge on any atom is -0.460 e. The van der Waals surface area contributed by atoms with E-state index in [1.165, 1.54) is 12.8 Å². The Balaban J connectivity index is 0. The molecule has 72 valence electrons. The van der Waals surface area contributed by atoms with Crippen molar-refractivity contribution in [3.8, 4) is 0 Å². The van der Waals surface area contributed by atoms with Crippen molar-refractivity contribution in [2.75, 3.05) is 13.2 Å². The Kier molecular flexibility index (Phi) is 14.7. The van der Waals surface area contributed by atoms with Crippen molar-refractivity contribution >= 4 is 5.97 Å². The van der Waals surface area contributed by atoms with Crippen LogP contribution in [0.3, 0.4) is 0 Å². The van der Waals surface area contributed by atoms with Crippen LogP contribution in [0.1, 0.15) is 26.7 Å². The second kappa shape index (κ2) is 12.8. The number of ether oxygens (including phenoxy) is 1. The lowest BCUT2D eigenvalue weighted by atomic mass is 10.4. The van der Waals surface area contributed by atoms with E-state index in [1.54, 1.807) is 0 Å². The molecule has 0 heterocycles. The second-order valence-electron chi connectivity index (χ2n) is 2.10. The van der Waals surface area contributed by atoms with Gasteiger partial charge in [0.1, 0.15) is 6.61 Å². The van der Waals surface area contributed by atoms with Gasteiger partial charge in [-0.25, -0.2) is 4.79 Å². The first kappa shape index (κ1) is 13.7. The summed E-state index contributed by atoms with van der Waals surface area (Å²) in [5.41, 5.74) is 0. The Hall–Kier alpha value is -0.830. The quantitative estimate of drug-likeness (QED) is 0.519. The SMILES string of the molecule is C=CC(=O)OCCO.CCCC. The zero-order valence-corrected chi connectivity index (χ0v) is 7.88. The Morgan fingerprint density at radius 2 is 2.00 bits per heavy atom. The minimum absolute atomic E-state index is 0.0465. The van der Waals surface area contributed by atoms with Crippen molar-refractivity contribution in [2.24, 2.45) is 0 Å². The highest BCUT2D eigenvalue weighted by Gasteiger charge is 1.90. The van der Waals surface area contributed by atoms with Gasteiger partial charge in [-0.05, 0) is 0 Å². The average Bonchev–Trinajstić information content (AvgIpc) is 2.14. The lowest BCUT2D eigenvalue weighted by molar-refractivity contribution is -0.138. The van der Waals surface area contributed by atoms with Crippen LogP contribution >= 0.6 is 0 Å². The number of hydrogen-bond donors (Lipinski definition) is 1. The summed E-state index contributed by atoms with van der Waals surface area (Å²) in [6.07, 6.45) is 3.69. The summed E-state index contributed by atoms with van der Waals surface area (Å²) in [4.78, 5) is 10.1. The molecular formula is C9H18O3. The predicted molar refractivity (Wildman–Crippen MR) is 48.8 cm³/mol. The number of rotatable bonds is 4. The summed E-state index contributed by atoms with van der Waals surface area (Å²) in [6, 6.07) is 0. The van der Waals surface area contributed by atoms with Crippen LogP contribution in [0.15, 0.2) is 12.7 Å². The number of carbonyl (C=O) groups excluding carboxylic acids is 1. The smallest absolute Gasteiger partial charge is 0.330 e. The van der Waals surface area contributed by atoms with Crippen molar-refractivity contribution in [2.45, 2.75) is 26.7 Å². The first-order chi connectivity index (χ1) is 5.72. The van der Waals surface area contributed by atoms with Gasteiger partial charge < -0.3 is 9.84 Å². The Bertz CT molecular complexity index is 108. The largest absolute Gasteiger partial charge is 0.460 e. The monoisotopic (exact) mass is 174 g/mol. The summed E-state index contributed by atoms with van der Waals surface area (Å²) >= 11 is 0. The van der Waals surface area contributed by atoms with Crippen molar-refractivity contribution in [3.63, 3.8) is 0 Å². The highest BCUT2D eigenvalue weighted by Crippen LogP contribution is 1.76. The van der Waals surface area contributed by atoms with E-state index in [0.717, 1.165) is 6.08 Å². The normalized spacial score (nSPS) is 7.92. The third-order valence-corrected chi connectivity index (χ3v) is 1.00. The van der Waals surface area contributed by atoms with Crippen LogP contribution in [-0.2, 0) is 9.53 Å². The molecule has 0 atom stereocenters. The molecule has 0 saturated heterocycles. The summed E-state index contributed by atoms with van der Waals surface area (Å²) in [5, 5.41) is 8.10. The van der Waals surface area contributed by atoms with E-state index in [1.807, 2.05) is 0 Å².